The molecule has 0 heterocycles. The van der Waals surface area contributed by atoms with E-state index < -0.39 is 5.97 Å². The maximum absolute atomic E-state index is 12.3. The fourth-order valence-electron chi connectivity index (χ4n) is 2.85. The molecule has 2 rings (SSSR count). The first-order valence-electron chi connectivity index (χ1n) is 7.30. The number of halogens is 1. The molecule has 3 atom stereocenters. The predicted molar refractivity (Wildman–Crippen MR) is 81.1 cm³/mol. The van der Waals surface area contributed by atoms with Gasteiger partial charge >= 0.3 is 5.97 Å². The van der Waals surface area contributed by atoms with E-state index in [0.717, 1.165) is 12.0 Å². The van der Waals surface area contributed by atoms with Crippen molar-refractivity contribution >= 4 is 23.5 Å². The summed E-state index contributed by atoms with van der Waals surface area (Å²) in [4.78, 5) is 23.3. The SMILES string of the molecule is CCC(NC(=O)C1CCC(C(=O)O)C1)c1ccc(Cl)cc1. The lowest BCUT2D eigenvalue weighted by Crippen LogP contribution is -2.33. The second-order valence-electron chi connectivity index (χ2n) is 5.57. The average Bonchev–Trinajstić information content (AvgIpc) is 2.96. The minimum absolute atomic E-state index is 0.0412. The van der Waals surface area contributed by atoms with Crippen LogP contribution in [0.5, 0.6) is 0 Å². The number of carbonyl (C=O) groups excluding carboxylic acids is 1. The Morgan fingerprint density at radius 2 is 1.90 bits per heavy atom. The Bertz CT molecular complexity index is 515. The fraction of sp³-hybridized carbons (Fsp3) is 0.500. The highest BCUT2D eigenvalue weighted by molar-refractivity contribution is 6.30. The van der Waals surface area contributed by atoms with Crippen LogP contribution in [0.15, 0.2) is 24.3 Å². The van der Waals surface area contributed by atoms with E-state index in [4.69, 9.17) is 16.7 Å². The van der Waals surface area contributed by atoms with Crippen LogP contribution in [0.25, 0.3) is 0 Å². The smallest absolute Gasteiger partial charge is 0.306 e. The van der Waals surface area contributed by atoms with Crippen LogP contribution < -0.4 is 5.32 Å². The summed E-state index contributed by atoms with van der Waals surface area (Å²) in [5, 5.41) is 12.7. The summed E-state index contributed by atoms with van der Waals surface area (Å²) in [5.74, 6) is -1.40. The van der Waals surface area contributed by atoms with Gasteiger partial charge in [-0.3, -0.25) is 9.59 Å². The van der Waals surface area contributed by atoms with Crippen molar-refractivity contribution in [2.24, 2.45) is 11.8 Å². The van der Waals surface area contributed by atoms with E-state index in [-0.39, 0.29) is 23.8 Å². The number of nitrogens with one attached hydrogen (secondary N) is 1. The minimum Gasteiger partial charge on any atom is -0.481 e. The summed E-state index contributed by atoms with van der Waals surface area (Å²) < 4.78 is 0. The van der Waals surface area contributed by atoms with Gasteiger partial charge in [0.1, 0.15) is 0 Å². The molecule has 1 amide bonds. The summed E-state index contributed by atoms with van der Waals surface area (Å²) in [6, 6.07) is 7.37. The highest BCUT2D eigenvalue weighted by atomic mass is 35.5. The third-order valence-electron chi connectivity index (χ3n) is 4.15. The summed E-state index contributed by atoms with van der Waals surface area (Å²) >= 11 is 5.87. The molecule has 21 heavy (non-hydrogen) atoms. The van der Waals surface area contributed by atoms with Crippen molar-refractivity contribution in [3.8, 4) is 0 Å². The first-order chi connectivity index (χ1) is 10.0. The van der Waals surface area contributed by atoms with Gasteiger partial charge in [-0.05, 0) is 43.4 Å². The van der Waals surface area contributed by atoms with Gasteiger partial charge in [0.15, 0.2) is 0 Å². The van der Waals surface area contributed by atoms with E-state index in [1.807, 2.05) is 31.2 Å². The lowest BCUT2D eigenvalue weighted by molar-refractivity contribution is -0.141. The third kappa shape index (κ3) is 3.97. The Morgan fingerprint density at radius 3 is 2.43 bits per heavy atom. The molecule has 1 aromatic carbocycles. The first-order valence-corrected chi connectivity index (χ1v) is 7.67. The van der Waals surface area contributed by atoms with Gasteiger partial charge in [0.25, 0.3) is 0 Å². The van der Waals surface area contributed by atoms with Gasteiger partial charge in [-0.25, -0.2) is 0 Å². The summed E-state index contributed by atoms with van der Waals surface area (Å²) in [7, 11) is 0. The van der Waals surface area contributed by atoms with E-state index in [9.17, 15) is 9.59 Å². The number of aliphatic carboxylic acids is 1. The monoisotopic (exact) mass is 309 g/mol. The minimum atomic E-state index is -0.796. The van der Waals surface area contributed by atoms with Crippen molar-refractivity contribution in [3.05, 3.63) is 34.9 Å². The Balaban J connectivity index is 1.97. The van der Waals surface area contributed by atoms with Crippen LogP contribution in [0.1, 0.15) is 44.2 Å². The normalized spacial score (nSPS) is 22.8. The van der Waals surface area contributed by atoms with Crippen LogP contribution >= 0.6 is 11.6 Å². The van der Waals surface area contributed by atoms with Gasteiger partial charge in [0, 0.05) is 10.9 Å². The molecule has 0 saturated heterocycles. The Morgan fingerprint density at radius 1 is 1.29 bits per heavy atom. The highest BCUT2D eigenvalue weighted by Crippen LogP contribution is 2.32. The zero-order valence-electron chi connectivity index (χ0n) is 12.0. The van der Waals surface area contributed by atoms with Crippen molar-refractivity contribution in [2.45, 2.75) is 38.6 Å². The number of benzene rings is 1. The second-order valence-corrected chi connectivity index (χ2v) is 6.00. The molecule has 4 nitrogen and oxygen atoms in total. The van der Waals surface area contributed by atoms with Crippen molar-refractivity contribution < 1.29 is 14.7 Å². The van der Waals surface area contributed by atoms with Crippen molar-refractivity contribution in [3.63, 3.8) is 0 Å². The zero-order valence-corrected chi connectivity index (χ0v) is 12.8. The van der Waals surface area contributed by atoms with Gasteiger partial charge in [-0.15, -0.1) is 0 Å². The molecule has 3 unspecified atom stereocenters. The number of carboxylic acid groups (broad SMARTS) is 1. The lowest BCUT2D eigenvalue weighted by Gasteiger charge is -2.20. The summed E-state index contributed by atoms with van der Waals surface area (Å²) in [6.45, 7) is 2.01. The van der Waals surface area contributed by atoms with E-state index in [2.05, 4.69) is 5.32 Å². The maximum Gasteiger partial charge on any atom is 0.306 e. The standard InChI is InChI=1S/C16H20ClNO3/c1-2-14(10-5-7-13(17)8-6-10)18-15(19)11-3-4-12(9-11)16(20)21/h5-8,11-12,14H,2-4,9H2,1H3,(H,18,19)(H,20,21). The molecule has 0 spiro atoms. The number of hydrogen-bond donors (Lipinski definition) is 2. The van der Waals surface area contributed by atoms with E-state index in [1.165, 1.54) is 0 Å². The quantitative estimate of drug-likeness (QED) is 0.876. The van der Waals surface area contributed by atoms with Gasteiger partial charge in [0.05, 0.1) is 12.0 Å². The molecule has 1 aromatic rings. The van der Waals surface area contributed by atoms with E-state index in [1.54, 1.807) is 0 Å². The molecule has 1 aliphatic rings. The second kappa shape index (κ2) is 6.94. The van der Waals surface area contributed by atoms with Crippen LogP contribution in [0.3, 0.4) is 0 Å². The first kappa shape index (κ1) is 15.8. The topological polar surface area (TPSA) is 66.4 Å². The van der Waals surface area contributed by atoms with Crippen LogP contribution in [-0.2, 0) is 9.59 Å². The molecule has 1 fully saturated rings. The molecule has 1 aliphatic carbocycles. The zero-order chi connectivity index (χ0) is 15.4. The van der Waals surface area contributed by atoms with E-state index >= 15 is 0 Å². The van der Waals surface area contributed by atoms with Crippen LogP contribution in [0, 0.1) is 11.8 Å². The third-order valence-corrected chi connectivity index (χ3v) is 4.40. The predicted octanol–water partition coefficient (Wildman–Crippen LogP) is 3.41. The van der Waals surface area contributed by atoms with Gasteiger partial charge in [-0.2, -0.15) is 0 Å². The van der Waals surface area contributed by atoms with Gasteiger partial charge < -0.3 is 10.4 Å². The molecule has 0 radical (unpaired) electrons. The fourth-order valence-corrected chi connectivity index (χ4v) is 2.98. The van der Waals surface area contributed by atoms with Gasteiger partial charge in [0.2, 0.25) is 5.91 Å². The molecule has 114 valence electrons. The molecule has 0 aromatic heterocycles. The van der Waals surface area contributed by atoms with E-state index in [0.29, 0.717) is 24.3 Å². The summed E-state index contributed by atoms with van der Waals surface area (Å²) in [6.07, 6.45) is 2.46. The number of carbonyl (C=O) groups is 2. The highest BCUT2D eigenvalue weighted by Gasteiger charge is 2.34. The van der Waals surface area contributed by atoms with Crippen molar-refractivity contribution in [1.82, 2.24) is 5.32 Å². The molecular weight excluding hydrogens is 290 g/mol. The Kier molecular flexibility index (Phi) is 5.23. The van der Waals surface area contributed by atoms with Crippen LogP contribution in [-0.4, -0.2) is 17.0 Å². The summed E-state index contributed by atoms with van der Waals surface area (Å²) in [5.41, 5.74) is 1.02. The Hall–Kier alpha value is -1.55. The largest absolute Gasteiger partial charge is 0.481 e. The molecule has 5 heteroatoms. The molecule has 0 bridgehead atoms. The molecule has 1 saturated carbocycles. The molecule has 2 N–H and O–H groups in total. The number of rotatable bonds is 5. The Labute approximate surface area is 129 Å². The van der Waals surface area contributed by atoms with Crippen molar-refractivity contribution in [2.75, 3.05) is 0 Å². The molecular formula is C16H20ClNO3. The number of hydrogen-bond acceptors (Lipinski definition) is 2. The van der Waals surface area contributed by atoms with Crippen molar-refractivity contribution in [1.29, 1.82) is 0 Å². The lowest BCUT2D eigenvalue weighted by atomic mass is 10.0. The molecule has 0 aliphatic heterocycles. The maximum atomic E-state index is 12.3. The number of amides is 1. The van der Waals surface area contributed by atoms with Gasteiger partial charge in [-0.1, -0.05) is 30.7 Å². The van der Waals surface area contributed by atoms with Crippen LogP contribution in [0.4, 0.5) is 0 Å². The average molecular weight is 310 g/mol. The van der Waals surface area contributed by atoms with Crippen LogP contribution in [0.2, 0.25) is 5.02 Å². The number of carboxylic acids is 1.